The normalized spacial score (nSPS) is 16.9. The average molecular weight is 271 g/mol. The van der Waals surface area contributed by atoms with E-state index in [0.29, 0.717) is 6.61 Å². The number of para-hydroxylation sites is 1. The van der Waals surface area contributed by atoms with Crippen LogP contribution in [-0.2, 0) is 4.79 Å². The van der Waals surface area contributed by atoms with Crippen LogP contribution < -0.4 is 10.1 Å². The van der Waals surface area contributed by atoms with Gasteiger partial charge in [0.1, 0.15) is 24.1 Å². The van der Waals surface area contributed by atoms with Gasteiger partial charge in [0.2, 0.25) is 5.91 Å². The summed E-state index contributed by atoms with van der Waals surface area (Å²) in [6.07, 6.45) is 1.69. The number of anilines is 1. The van der Waals surface area contributed by atoms with E-state index in [0.717, 1.165) is 17.1 Å². The molecule has 1 unspecified atom stereocenters. The van der Waals surface area contributed by atoms with Crippen molar-refractivity contribution in [3.8, 4) is 5.75 Å². The molecule has 1 amide bonds. The number of ether oxygens (including phenoxy) is 1. The van der Waals surface area contributed by atoms with E-state index >= 15 is 0 Å². The van der Waals surface area contributed by atoms with Crippen molar-refractivity contribution in [3.05, 3.63) is 42.1 Å². The summed E-state index contributed by atoms with van der Waals surface area (Å²) in [5, 5.41) is 7.15. The zero-order chi connectivity index (χ0) is 14.1. The lowest BCUT2D eigenvalue weighted by molar-refractivity contribution is -0.117. The van der Waals surface area contributed by atoms with Crippen molar-refractivity contribution in [1.29, 1.82) is 0 Å². The van der Waals surface area contributed by atoms with Gasteiger partial charge in [0.05, 0.1) is 6.20 Å². The maximum atomic E-state index is 12.4. The molecule has 0 spiro atoms. The van der Waals surface area contributed by atoms with Crippen LogP contribution in [0.25, 0.3) is 0 Å². The molecular weight excluding hydrogens is 254 g/mol. The maximum absolute atomic E-state index is 12.4. The van der Waals surface area contributed by atoms with Gasteiger partial charge in [0.25, 0.3) is 0 Å². The standard InChI is InChI=1S/C15H17N3O2/c1-10(2)18-14(7-8-16-18)17-15(19)12-9-20-13-6-4-3-5-11(12)13/h3-8,10,12H,9H2,1-2H3,(H,17,19). The predicted octanol–water partition coefficient (Wildman–Crippen LogP) is 2.58. The Labute approximate surface area is 117 Å². The highest BCUT2D eigenvalue weighted by Crippen LogP contribution is 2.34. The molecule has 1 aromatic carbocycles. The number of fused-ring (bicyclic) bond motifs is 1. The number of hydrogen-bond donors (Lipinski definition) is 1. The molecule has 2 heterocycles. The molecular formula is C15H17N3O2. The second kappa shape index (κ2) is 5.00. The third-order valence-electron chi connectivity index (χ3n) is 3.43. The van der Waals surface area contributed by atoms with Gasteiger partial charge in [-0.3, -0.25) is 4.79 Å². The minimum atomic E-state index is -0.262. The van der Waals surface area contributed by atoms with Gasteiger partial charge in [-0.25, -0.2) is 4.68 Å². The molecule has 1 aromatic heterocycles. The van der Waals surface area contributed by atoms with Crippen LogP contribution >= 0.6 is 0 Å². The van der Waals surface area contributed by atoms with Crippen molar-refractivity contribution in [3.63, 3.8) is 0 Å². The fourth-order valence-corrected chi connectivity index (χ4v) is 2.42. The summed E-state index contributed by atoms with van der Waals surface area (Å²) >= 11 is 0. The fourth-order valence-electron chi connectivity index (χ4n) is 2.42. The molecule has 2 aromatic rings. The summed E-state index contributed by atoms with van der Waals surface area (Å²) in [4.78, 5) is 12.4. The second-order valence-corrected chi connectivity index (χ2v) is 5.15. The molecule has 5 nitrogen and oxygen atoms in total. The molecule has 0 fully saturated rings. The first-order valence-corrected chi connectivity index (χ1v) is 6.73. The summed E-state index contributed by atoms with van der Waals surface area (Å²) in [5.41, 5.74) is 0.945. The van der Waals surface area contributed by atoms with Crippen molar-refractivity contribution in [1.82, 2.24) is 9.78 Å². The summed E-state index contributed by atoms with van der Waals surface area (Å²) in [7, 11) is 0. The molecule has 3 rings (SSSR count). The summed E-state index contributed by atoms with van der Waals surface area (Å²) in [6.45, 7) is 4.44. The van der Waals surface area contributed by atoms with Gasteiger partial charge in [-0.15, -0.1) is 0 Å². The van der Waals surface area contributed by atoms with E-state index in [2.05, 4.69) is 10.4 Å². The Morgan fingerprint density at radius 1 is 1.40 bits per heavy atom. The monoisotopic (exact) mass is 271 g/mol. The zero-order valence-electron chi connectivity index (χ0n) is 11.5. The van der Waals surface area contributed by atoms with E-state index in [4.69, 9.17) is 4.74 Å². The predicted molar refractivity (Wildman–Crippen MR) is 75.9 cm³/mol. The largest absolute Gasteiger partial charge is 0.492 e. The minimum absolute atomic E-state index is 0.0580. The Morgan fingerprint density at radius 3 is 3.00 bits per heavy atom. The van der Waals surface area contributed by atoms with Gasteiger partial charge < -0.3 is 10.1 Å². The van der Waals surface area contributed by atoms with Crippen molar-refractivity contribution in [2.75, 3.05) is 11.9 Å². The SMILES string of the molecule is CC(C)n1nccc1NC(=O)C1COc2ccccc21. The third-order valence-corrected chi connectivity index (χ3v) is 3.43. The second-order valence-electron chi connectivity index (χ2n) is 5.15. The van der Waals surface area contributed by atoms with Crippen LogP contribution in [0.3, 0.4) is 0 Å². The number of carbonyl (C=O) groups excluding carboxylic acids is 1. The lowest BCUT2D eigenvalue weighted by Gasteiger charge is -2.14. The molecule has 0 radical (unpaired) electrons. The van der Waals surface area contributed by atoms with E-state index < -0.39 is 0 Å². The van der Waals surface area contributed by atoms with Crippen molar-refractivity contribution in [2.24, 2.45) is 0 Å². The smallest absolute Gasteiger partial charge is 0.236 e. The highest BCUT2D eigenvalue weighted by atomic mass is 16.5. The molecule has 1 aliphatic rings. The van der Waals surface area contributed by atoms with E-state index in [9.17, 15) is 4.79 Å². The number of carbonyl (C=O) groups is 1. The van der Waals surface area contributed by atoms with Crippen LogP contribution in [0.2, 0.25) is 0 Å². The number of benzene rings is 1. The molecule has 0 saturated carbocycles. The van der Waals surface area contributed by atoms with Crippen LogP contribution in [0.4, 0.5) is 5.82 Å². The first-order valence-electron chi connectivity index (χ1n) is 6.73. The lowest BCUT2D eigenvalue weighted by Crippen LogP contribution is -2.24. The van der Waals surface area contributed by atoms with Crippen molar-refractivity contribution >= 4 is 11.7 Å². The van der Waals surface area contributed by atoms with Crippen LogP contribution in [0.5, 0.6) is 5.75 Å². The molecule has 1 atom stereocenters. The number of aromatic nitrogens is 2. The summed E-state index contributed by atoms with van der Waals surface area (Å²) in [5.74, 6) is 1.19. The minimum Gasteiger partial charge on any atom is -0.492 e. The molecule has 0 saturated heterocycles. The number of rotatable bonds is 3. The van der Waals surface area contributed by atoms with Crippen LogP contribution in [0.1, 0.15) is 31.4 Å². The molecule has 1 N–H and O–H groups in total. The molecule has 0 bridgehead atoms. The topological polar surface area (TPSA) is 56.2 Å². The fraction of sp³-hybridized carbons (Fsp3) is 0.333. The van der Waals surface area contributed by atoms with Gasteiger partial charge >= 0.3 is 0 Å². The number of amides is 1. The Bertz CT molecular complexity index is 634. The van der Waals surface area contributed by atoms with Gasteiger partial charge in [-0.2, -0.15) is 5.10 Å². The van der Waals surface area contributed by atoms with E-state index in [1.165, 1.54) is 0 Å². The Kier molecular flexibility index (Phi) is 3.18. The number of hydrogen-bond acceptors (Lipinski definition) is 3. The molecule has 5 heteroatoms. The highest BCUT2D eigenvalue weighted by Gasteiger charge is 2.30. The third kappa shape index (κ3) is 2.15. The molecule has 20 heavy (non-hydrogen) atoms. The van der Waals surface area contributed by atoms with E-state index in [1.54, 1.807) is 16.9 Å². The van der Waals surface area contributed by atoms with E-state index in [-0.39, 0.29) is 17.9 Å². The van der Waals surface area contributed by atoms with Crippen LogP contribution in [-0.4, -0.2) is 22.3 Å². The number of nitrogens with zero attached hydrogens (tertiary/aromatic N) is 2. The zero-order valence-corrected chi connectivity index (χ0v) is 11.5. The lowest BCUT2D eigenvalue weighted by atomic mass is 10.0. The molecule has 1 aliphatic heterocycles. The van der Waals surface area contributed by atoms with Gasteiger partial charge in [-0.05, 0) is 19.9 Å². The van der Waals surface area contributed by atoms with Gasteiger partial charge in [0.15, 0.2) is 0 Å². The van der Waals surface area contributed by atoms with Crippen molar-refractivity contribution in [2.45, 2.75) is 25.8 Å². The van der Waals surface area contributed by atoms with Crippen LogP contribution in [0.15, 0.2) is 36.5 Å². The highest BCUT2D eigenvalue weighted by molar-refractivity contribution is 5.96. The average Bonchev–Trinajstić information content (AvgIpc) is 3.04. The van der Waals surface area contributed by atoms with Crippen molar-refractivity contribution < 1.29 is 9.53 Å². The quantitative estimate of drug-likeness (QED) is 0.933. The van der Waals surface area contributed by atoms with Gasteiger partial charge in [-0.1, -0.05) is 18.2 Å². The molecule has 0 aliphatic carbocycles. The first kappa shape index (κ1) is 12.7. The molecule has 104 valence electrons. The van der Waals surface area contributed by atoms with Gasteiger partial charge in [0, 0.05) is 17.7 Å². The Hall–Kier alpha value is -2.30. The Balaban J connectivity index is 1.80. The van der Waals surface area contributed by atoms with Crippen LogP contribution in [0, 0.1) is 0 Å². The first-order chi connectivity index (χ1) is 9.66. The summed E-state index contributed by atoms with van der Waals surface area (Å²) < 4.78 is 7.34. The number of nitrogens with one attached hydrogen (secondary N) is 1. The van der Waals surface area contributed by atoms with E-state index in [1.807, 2.05) is 38.1 Å². The summed E-state index contributed by atoms with van der Waals surface area (Å²) in [6, 6.07) is 9.67. The Morgan fingerprint density at radius 2 is 2.20 bits per heavy atom. The maximum Gasteiger partial charge on any atom is 0.236 e.